The lowest BCUT2D eigenvalue weighted by molar-refractivity contribution is -0.142. The first-order chi connectivity index (χ1) is 11.9. The Morgan fingerprint density at radius 3 is 1.35 bits per heavy atom. The monoisotopic (exact) mass is 363 g/mol. The topological polar surface area (TPSA) is 54.5 Å². The van der Waals surface area contributed by atoms with E-state index in [9.17, 15) is 14.4 Å². The number of ketones is 2. The molecule has 1 amide bonds. The SMILES string of the molecule is CC(C)(C)C(=O)C1CCN(C(=O)[C@H]2CC[C@H](C(=O)C(C)(C)C)CC2)CC1. The molecule has 0 atom stereocenters. The highest BCUT2D eigenvalue weighted by Crippen LogP contribution is 2.35. The summed E-state index contributed by atoms with van der Waals surface area (Å²) in [5.74, 6) is 1.19. The van der Waals surface area contributed by atoms with E-state index in [-0.39, 0.29) is 34.5 Å². The molecule has 2 rings (SSSR count). The summed E-state index contributed by atoms with van der Waals surface area (Å²) in [7, 11) is 0. The predicted molar refractivity (Wildman–Crippen MR) is 104 cm³/mol. The normalized spacial score (nSPS) is 25.8. The van der Waals surface area contributed by atoms with Crippen molar-refractivity contribution in [1.29, 1.82) is 0 Å². The third kappa shape index (κ3) is 4.95. The van der Waals surface area contributed by atoms with Gasteiger partial charge in [0.15, 0.2) is 0 Å². The lowest BCUT2D eigenvalue weighted by Gasteiger charge is -2.37. The van der Waals surface area contributed by atoms with Crippen LogP contribution in [0.4, 0.5) is 0 Å². The molecule has 4 nitrogen and oxygen atoms in total. The average molecular weight is 364 g/mol. The highest BCUT2D eigenvalue weighted by molar-refractivity contribution is 5.87. The molecular weight excluding hydrogens is 326 g/mol. The van der Waals surface area contributed by atoms with Gasteiger partial charge in [0.05, 0.1) is 0 Å². The van der Waals surface area contributed by atoms with Gasteiger partial charge in [0.1, 0.15) is 11.6 Å². The van der Waals surface area contributed by atoms with Gasteiger partial charge in [0.25, 0.3) is 0 Å². The van der Waals surface area contributed by atoms with Crippen LogP contribution in [0.3, 0.4) is 0 Å². The van der Waals surface area contributed by atoms with Gasteiger partial charge in [-0.25, -0.2) is 0 Å². The predicted octanol–water partition coefficient (Wildman–Crippen LogP) is 4.26. The molecule has 1 aliphatic heterocycles. The van der Waals surface area contributed by atoms with Crippen LogP contribution in [0.5, 0.6) is 0 Å². The van der Waals surface area contributed by atoms with Crippen molar-refractivity contribution < 1.29 is 14.4 Å². The van der Waals surface area contributed by atoms with Gasteiger partial charge in [-0.1, -0.05) is 41.5 Å². The van der Waals surface area contributed by atoms with Crippen molar-refractivity contribution in [3.63, 3.8) is 0 Å². The molecular formula is C22H37NO3. The number of nitrogens with zero attached hydrogens (tertiary/aromatic N) is 1. The molecule has 0 N–H and O–H groups in total. The Labute approximate surface area is 159 Å². The number of Topliss-reactive ketones (excluding diaryl/α,β-unsaturated/α-hetero) is 2. The smallest absolute Gasteiger partial charge is 0.225 e. The average Bonchev–Trinajstić information content (AvgIpc) is 2.58. The van der Waals surface area contributed by atoms with Crippen molar-refractivity contribution in [2.75, 3.05) is 13.1 Å². The second kappa shape index (κ2) is 7.82. The summed E-state index contributed by atoms with van der Waals surface area (Å²) < 4.78 is 0. The Balaban J connectivity index is 1.83. The van der Waals surface area contributed by atoms with E-state index < -0.39 is 0 Å². The van der Waals surface area contributed by atoms with Crippen LogP contribution in [-0.2, 0) is 14.4 Å². The molecule has 0 bridgehead atoms. The molecule has 148 valence electrons. The van der Waals surface area contributed by atoms with Gasteiger partial charge in [0, 0.05) is 41.7 Å². The maximum absolute atomic E-state index is 12.9. The fourth-order valence-corrected chi connectivity index (χ4v) is 4.45. The minimum atomic E-state index is -0.297. The van der Waals surface area contributed by atoms with E-state index in [0.717, 1.165) is 38.5 Å². The number of carbonyl (C=O) groups is 3. The number of rotatable bonds is 3. The van der Waals surface area contributed by atoms with E-state index in [0.29, 0.717) is 24.7 Å². The molecule has 0 radical (unpaired) electrons. The first-order valence-electron chi connectivity index (χ1n) is 10.3. The molecule has 26 heavy (non-hydrogen) atoms. The van der Waals surface area contributed by atoms with E-state index in [1.165, 1.54) is 0 Å². The maximum Gasteiger partial charge on any atom is 0.225 e. The highest BCUT2D eigenvalue weighted by atomic mass is 16.2. The molecule has 0 aromatic rings. The summed E-state index contributed by atoms with van der Waals surface area (Å²) in [5.41, 5.74) is -0.586. The molecule has 0 spiro atoms. The summed E-state index contributed by atoms with van der Waals surface area (Å²) >= 11 is 0. The zero-order valence-corrected chi connectivity index (χ0v) is 17.6. The quantitative estimate of drug-likeness (QED) is 0.753. The van der Waals surface area contributed by atoms with Gasteiger partial charge in [-0.3, -0.25) is 14.4 Å². The van der Waals surface area contributed by atoms with Crippen molar-refractivity contribution in [1.82, 2.24) is 4.90 Å². The minimum absolute atomic E-state index is 0.0638. The fraction of sp³-hybridized carbons (Fsp3) is 0.864. The summed E-state index contributed by atoms with van der Waals surface area (Å²) in [5, 5.41) is 0. The van der Waals surface area contributed by atoms with Crippen molar-refractivity contribution >= 4 is 17.5 Å². The molecule has 1 saturated carbocycles. The second-order valence-corrected chi connectivity index (χ2v) is 10.4. The van der Waals surface area contributed by atoms with Gasteiger partial charge in [-0.15, -0.1) is 0 Å². The van der Waals surface area contributed by atoms with Gasteiger partial charge in [-0.05, 0) is 38.5 Å². The van der Waals surface area contributed by atoms with Crippen LogP contribution in [-0.4, -0.2) is 35.5 Å². The van der Waals surface area contributed by atoms with Crippen LogP contribution in [0, 0.1) is 28.6 Å². The fourth-order valence-electron chi connectivity index (χ4n) is 4.45. The van der Waals surface area contributed by atoms with Crippen LogP contribution >= 0.6 is 0 Å². The van der Waals surface area contributed by atoms with E-state index in [1.54, 1.807) is 0 Å². The third-order valence-corrected chi connectivity index (χ3v) is 6.10. The number of hydrogen-bond donors (Lipinski definition) is 0. The summed E-state index contributed by atoms with van der Waals surface area (Å²) in [6.45, 7) is 13.3. The lowest BCUT2D eigenvalue weighted by Crippen LogP contribution is -2.45. The summed E-state index contributed by atoms with van der Waals surface area (Å²) in [4.78, 5) is 39.7. The van der Waals surface area contributed by atoms with Gasteiger partial charge in [0.2, 0.25) is 5.91 Å². The molecule has 1 heterocycles. The standard InChI is InChI=1S/C22H37NO3/c1-21(2,3)18(24)15-7-9-17(10-8-15)20(26)23-13-11-16(12-14-23)19(25)22(4,5)6/h15-17H,7-14H2,1-6H3/t15-,17-. The number of likely N-dealkylation sites (tertiary alicyclic amines) is 1. The van der Waals surface area contributed by atoms with E-state index in [2.05, 4.69) is 0 Å². The Bertz CT molecular complexity index is 489. The number of piperidine rings is 1. The van der Waals surface area contributed by atoms with Gasteiger partial charge in [-0.2, -0.15) is 0 Å². The first-order valence-corrected chi connectivity index (χ1v) is 10.3. The van der Waals surface area contributed by atoms with Crippen LogP contribution in [0.2, 0.25) is 0 Å². The summed E-state index contributed by atoms with van der Waals surface area (Å²) in [6, 6.07) is 0. The van der Waals surface area contributed by atoms with E-state index >= 15 is 0 Å². The van der Waals surface area contributed by atoms with E-state index in [1.807, 2.05) is 46.4 Å². The third-order valence-electron chi connectivity index (χ3n) is 6.10. The molecule has 0 aromatic carbocycles. The Morgan fingerprint density at radius 1 is 0.615 bits per heavy atom. The minimum Gasteiger partial charge on any atom is -0.342 e. The first kappa shape index (κ1) is 21.1. The highest BCUT2D eigenvalue weighted by Gasteiger charge is 2.38. The largest absolute Gasteiger partial charge is 0.342 e. The molecule has 4 heteroatoms. The summed E-state index contributed by atoms with van der Waals surface area (Å²) in [6.07, 6.45) is 4.91. The zero-order chi connectivity index (χ0) is 19.7. The molecule has 1 saturated heterocycles. The van der Waals surface area contributed by atoms with Crippen LogP contribution in [0.15, 0.2) is 0 Å². The van der Waals surface area contributed by atoms with Crippen LogP contribution in [0.25, 0.3) is 0 Å². The van der Waals surface area contributed by atoms with Crippen molar-refractivity contribution in [2.45, 2.75) is 80.1 Å². The van der Waals surface area contributed by atoms with E-state index in [4.69, 9.17) is 0 Å². The van der Waals surface area contributed by atoms with Gasteiger partial charge >= 0.3 is 0 Å². The number of amides is 1. The van der Waals surface area contributed by atoms with Crippen molar-refractivity contribution in [3.8, 4) is 0 Å². The van der Waals surface area contributed by atoms with Gasteiger partial charge < -0.3 is 4.90 Å². The van der Waals surface area contributed by atoms with Crippen molar-refractivity contribution in [3.05, 3.63) is 0 Å². The Kier molecular flexibility index (Phi) is 6.35. The molecule has 1 aliphatic carbocycles. The number of carbonyl (C=O) groups excluding carboxylic acids is 3. The second-order valence-electron chi connectivity index (χ2n) is 10.4. The molecule has 0 aromatic heterocycles. The maximum atomic E-state index is 12.9. The van der Waals surface area contributed by atoms with Crippen LogP contribution in [0.1, 0.15) is 80.1 Å². The number of hydrogen-bond acceptors (Lipinski definition) is 3. The Hall–Kier alpha value is -1.19. The molecule has 2 fully saturated rings. The lowest BCUT2D eigenvalue weighted by atomic mass is 9.73. The van der Waals surface area contributed by atoms with Crippen molar-refractivity contribution in [2.24, 2.45) is 28.6 Å². The molecule has 0 unspecified atom stereocenters. The molecule has 2 aliphatic rings. The zero-order valence-electron chi connectivity index (χ0n) is 17.6. The Morgan fingerprint density at radius 2 is 0.962 bits per heavy atom. The van der Waals surface area contributed by atoms with Crippen LogP contribution < -0.4 is 0 Å².